The van der Waals surface area contributed by atoms with Crippen molar-refractivity contribution in [2.24, 2.45) is 0 Å². The van der Waals surface area contributed by atoms with Crippen LogP contribution in [0, 0.1) is 0 Å². The van der Waals surface area contributed by atoms with Gasteiger partial charge >= 0.3 is 0 Å². The monoisotopic (exact) mass is 359 g/mol. The predicted octanol–water partition coefficient (Wildman–Crippen LogP) is 3.20. The lowest BCUT2D eigenvalue weighted by Gasteiger charge is -2.29. The van der Waals surface area contributed by atoms with E-state index < -0.39 is 0 Å². The van der Waals surface area contributed by atoms with Gasteiger partial charge in [-0.05, 0) is 27.5 Å². The van der Waals surface area contributed by atoms with E-state index in [0.717, 1.165) is 16.7 Å². The van der Waals surface area contributed by atoms with Gasteiger partial charge in [-0.15, -0.1) is 12.4 Å². The second-order valence-corrected chi connectivity index (χ2v) is 8.26. The molecule has 0 spiro atoms. The number of phenols is 1. The number of aromatic hydroxyl groups is 1. The van der Waals surface area contributed by atoms with E-state index in [1.54, 1.807) is 0 Å². The molecule has 0 aliphatic heterocycles. The number of hydrogen-bond donors (Lipinski definition) is 3. The minimum Gasteiger partial charge on any atom is -0.507 e. The van der Waals surface area contributed by atoms with Crippen LogP contribution >= 0.6 is 12.4 Å². The van der Waals surface area contributed by atoms with E-state index in [-0.39, 0.29) is 36.5 Å². The highest BCUT2D eigenvalue weighted by atomic mass is 35.5. The second-order valence-electron chi connectivity index (χ2n) is 8.26. The molecule has 1 aromatic rings. The topological polar surface area (TPSA) is 63.9 Å². The Morgan fingerprint density at radius 2 is 1.21 bits per heavy atom. The fourth-order valence-corrected chi connectivity index (χ4v) is 2.74. The summed E-state index contributed by atoms with van der Waals surface area (Å²) in [7, 11) is 0. The summed E-state index contributed by atoms with van der Waals surface area (Å²) in [6.07, 6.45) is 0. The summed E-state index contributed by atoms with van der Waals surface area (Å²) in [6, 6.07) is 4.10. The highest BCUT2D eigenvalue weighted by Crippen LogP contribution is 2.39. The minimum absolute atomic E-state index is 0. The van der Waals surface area contributed by atoms with Crippen LogP contribution < -0.4 is 0 Å². The molecule has 24 heavy (non-hydrogen) atoms. The quantitative estimate of drug-likeness (QED) is 0.729. The molecule has 5 heteroatoms. The molecule has 0 saturated heterocycles. The fourth-order valence-electron chi connectivity index (χ4n) is 2.74. The van der Waals surface area contributed by atoms with Gasteiger partial charge in [0.05, 0.1) is 13.2 Å². The Morgan fingerprint density at radius 3 is 1.50 bits per heavy atom. The van der Waals surface area contributed by atoms with Crippen LogP contribution in [0.3, 0.4) is 0 Å². The zero-order chi connectivity index (χ0) is 17.8. The molecule has 0 saturated carbocycles. The Kier molecular flexibility index (Phi) is 8.74. The fraction of sp³-hybridized carbons (Fsp3) is 0.684. The molecule has 0 aliphatic carbocycles. The van der Waals surface area contributed by atoms with Gasteiger partial charge in [0.15, 0.2) is 0 Å². The molecule has 0 atom stereocenters. The molecule has 4 nitrogen and oxygen atoms in total. The Bertz CT molecular complexity index is 477. The van der Waals surface area contributed by atoms with Crippen molar-refractivity contribution in [3.8, 4) is 5.75 Å². The third-order valence-electron chi connectivity index (χ3n) is 4.02. The number of nitrogens with zero attached hydrogens (tertiary/aromatic N) is 1. The average Bonchev–Trinajstić information content (AvgIpc) is 2.38. The van der Waals surface area contributed by atoms with E-state index in [2.05, 4.69) is 41.5 Å². The van der Waals surface area contributed by atoms with Crippen molar-refractivity contribution in [2.75, 3.05) is 26.3 Å². The van der Waals surface area contributed by atoms with E-state index in [1.807, 2.05) is 17.0 Å². The Morgan fingerprint density at radius 1 is 0.833 bits per heavy atom. The third-order valence-corrected chi connectivity index (χ3v) is 4.02. The van der Waals surface area contributed by atoms with E-state index in [0.29, 0.717) is 25.4 Å². The van der Waals surface area contributed by atoms with Gasteiger partial charge in [0, 0.05) is 19.6 Å². The summed E-state index contributed by atoms with van der Waals surface area (Å²) in [4.78, 5) is 2.02. The maximum Gasteiger partial charge on any atom is 0.123 e. The number of aliphatic hydroxyl groups is 2. The number of hydrogen-bond acceptors (Lipinski definition) is 4. The van der Waals surface area contributed by atoms with Gasteiger partial charge in [-0.1, -0.05) is 53.7 Å². The molecule has 0 heterocycles. The molecule has 0 unspecified atom stereocenters. The largest absolute Gasteiger partial charge is 0.507 e. The number of rotatable bonds is 6. The first-order chi connectivity index (χ1) is 10.5. The molecule has 0 aliphatic rings. The van der Waals surface area contributed by atoms with Crippen LogP contribution in [0.25, 0.3) is 0 Å². The zero-order valence-electron chi connectivity index (χ0n) is 15.9. The average molecular weight is 360 g/mol. The van der Waals surface area contributed by atoms with Crippen LogP contribution in [0.4, 0.5) is 0 Å². The first-order valence-electron chi connectivity index (χ1n) is 8.31. The van der Waals surface area contributed by atoms with Crippen molar-refractivity contribution >= 4 is 12.4 Å². The minimum atomic E-state index is -0.154. The van der Waals surface area contributed by atoms with Gasteiger partial charge in [-0.25, -0.2) is 0 Å². The molecule has 1 aromatic carbocycles. The summed E-state index contributed by atoms with van der Waals surface area (Å²) in [5.74, 6) is 0.379. The molecule has 0 fully saturated rings. The van der Waals surface area contributed by atoms with Crippen molar-refractivity contribution in [1.29, 1.82) is 0 Å². The van der Waals surface area contributed by atoms with Crippen molar-refractivity contribution in [3.63, 3.8) is 0 Å². The molecule has 0 aromatic heterocycles. The molecule has 1 rings (SSSR count). The van der Waals surface area contributed by atoms with E-state index >= 15 is 0 Å². The van der Waals surface area contributed by atoms with E-state index in [4.69, 9.17) is 0 Å². The van der Waals surface area contributed by atoms with Gasteiger partial charge in [0.1, 0.15) is 5.75 Å². The van der Waals surface area contributed by atoms with Gasteiger partial charge in [0.2, 0.25) is 0 Å². The smallest absolute Gasteiger partial charge is 0.123 e. The Labute approximate surface area is 152 Å². The van der Waals surface area contributed by atoms with Crippen LogP contribution in [0.2, 0.25) is 0 Å². The SMILES string of the molecule is CC(C)(C)c1cc(CN(CCO)CCO)cc(C(C)(C)C)c1O.Cl. The van der Waals surface area contributed by atoms with Crippen molar-refractivity contribution < 1.29 is 15.3 Å². The van der Waals surface area contributed by atoms with Crippen molar-refractivity contribution in [3.05, 3.63) is 28.8 Å². The molecule has 0 amide bonds. The van der Waals surface area contributed by atoms with Crippen LogP contribution in [0.1, 0.15) is 58.2 Å². The summed E-state index contributed by atoms with van der Waals surface area (Å²) in [5, 5.41) is 29.1. The van der Waals surface area contributed by atoms with Crippen LogP contribution in [0.15, 0.2) is 12.1 Å². The molecular formula is C19H34ClNO3. The number of phenolic OH excluding ortho intramolecular Hbond substituents is 1. The lowest BCUT2D eigenvalue weighted by molar-refractivity contribution is 0.155. The molecule has 0 radical (unpaired) electrons. The summed E-state index contributed by atoms with van der Waals surface area (Å²) < 4.78 is 0. The highest BCUT2D eigenvalue weighted by molar-refractivity contribution is 5.85. The maximum atomic E-state index is 10.7. The number of aliphatic hydroxyl groups excluding tert-OH is 2. The molecule has 0 bridgehead atoms. The number of benzene rings is 1. The second kappa shape index (κ2) is 9.04. The van der Waals surface area contributed by atoms with Gasteiger partial charge in [-0.3, -0.25) is 4.90 Å². The first kappa shape index (κ1) is 23.2. The third kappa shape index (κ3) is 6.25. The van der Waals surface area contributed by atoms with E-state index in [9.17, 15) is 15.3 Å². The van der Waals surface area contributed by atoms with Gasteiger partial charge in [0.25, 0.3) is 0 Å². The predicted molar refractivity (Wildman–Crippen MR) is 102 cm³/mol. The molecular weight excluding hydrogens is 326 g/mol. The summed E-state index contributed by atoms with van der Waals surface area (Å²) in [6.45, 7) is 14.4. The molecule has 3 N–H and O–H groups in total. The lowest BCUT2D eigenvalue weighted by Crippen LogP contribution is -2.30. The normalized spacial score (nSPS) is 12.4. The van der Waals surface area contributed by atoms with Crippen LogP contribution in [-0.4, -0.2) is 46.5 Å². The first-order valence-corrected chi connectivity index (χ1v) is 8.31. The highest BCUT2D eigenvalue weighted by Gasteiger charge is 2.26. The van der Waals surface area contributed by atoms with Crippen molar-refractivity contribution in [1.82, 2.24) is 4.90 Å². The lowest BCUT2D eigenvalue weighted by atomic mass is 9.78. The van der Waals surface area contributed by atoms with Crippen molar-refractivity contribution in [2.45, 2.75) is 58.9 Å². The summed E-state index contributed by atoms with van der Waals surface area (Å²) in [5.41, 5.74) is 2.66. The van der Waals surface area contributed by atoms with Crippen LogP contribution in [0.5, 0.6) is 5.75 Å². The Balaban J connectivity index is 0.00000529. The van der Waals surface area contributed by atoms with E-state index in [1.165, 1.54) is 0 Å². The van der Waals surface area contributed by atoms with Gasteiger partial charge < -0.3 is 15.3 Å². The standard InChI is InChI=1S/C19H33NO3.ClH/c1-18(2,3)15-11-14(13-20(7-9-21)8-10-22)12-16(17(15)23)19(4,5)6;/h11-12,21-23H,7-10,13H2,1-6H3;1H. The molecule has 140 valence electrons. The Hall–Kier alpha value is -0.810. The maximum absolute atomic E-state index is 10.7. The summed E-state index contributed by atoms with van der Waals surface area (Å²) >= 11 is 0. The van der Waals surface area contributed by atoms with Gasteiger partial charge in [-0.2, -0.15) is 0 Å². The number of halogens is 1. The van der Waals surface area contributed by atoms with Crippen LogP contribution in [-0.2, 0) is 17.4 Å². The zero-order valence-corrected chi connectivity index (χ0v) is 16.7.